The highest BCUT2D eigenvalue weighted by molar-refractivity contribution is 8.33. The van der Waals surface area contributed by atoms with Crippen LogP contribution in [0.3, 0.4) is 0 Å². The van der Waals surface area contributed by atoms with Crippen LogP contribution in [-0.4, -0.2) is 23.4 Å². The van der Waals surface area contributed by atoms with Crippen LogP contribution in [0.5, 0.6) is 11.5 Å². The summed E-state index contributed by atoms with van der Waals surface area (Å²) in [5.41, 5.74) is 2.40. The molecule has 0 unspecified atom stereocenters. The fraction of sp³-hybridized carbons (Fsp3) is 0.556. The standard InChI is InChI=1S/C21H28F2O2S.3C2H6/c1-6-26(7-2,13-24-20-9-8-18(22)10-15(20)3)14-25-21-16(4)11-19(23)12-17(21)5;3*1-2/h8-12H,6-7,13-14H2,1-5H3;3*1-2H3. The molecule has 186 valence electrons. The molecule has 2 rings (SSSR count). The van der Waals surface area contributed by atoms with Crippen LogP contribution in [-0.2, 0) is 0 Å². The Morgan fingerprint density at radius 2 is 1.09 bits per heavy atom. The Morgan fingerprint density at radius 3 is 1.53 bits per heavy atom. The van der Waals surface area contributed by atoms with Gasteiger partial charge in [0, 0.05) is 0 Å². The largest absolute Gasteiger partial charge is 0.484 e. The molecule has 0 aliphatic heterocycles. The van der Waals surface area contributed by atoms with Gasteiger partial charge in [-0.3, -0.25) is 0 Å². The van der Waals surface area contributed by atoms with Gasteiger partial charge in [0.25, 0.3) is 0 Å². The first-order valence-electron chi connectivity index (χ1n) is 11.8. The van der Waals surface area contributed by atoms with Crippen molar-refractivity contribution < 1.29 is 18.3 Å². The molecule has 0 aromatic heterocycles. The summed E-state index contributed by atoms with van der Waals surface area (Å²) in [5, 5.41) is 0. The number of halogens is 2. The van der Waals surface area contributed by atoms with Gasteiger partial charge in [-0.15, -0.1) is 0 Å². The number of benzene rings is 2. The van der Waals surface area contributed by atoms with Crippen molar-refractivity contribution in [1.29, 1.82) is 0 Å². The second kappa shape index (κ2) is 17.8. The first-order chi connectivity index (χ1) is 15.3. The number of hydrogen-bond donors (Lipinski definition) is 0. The smallest absolute Gasteiger partial charge is 0.126 e. The molecule has 2 aromatic rings. The Balaban J connectivity index is 0. The average molecular weight is 473 g/mol. The van der Waals surface area contributed by atoms with Crippen LogP contribution >= 0.6 is 10.0 Å². The van der Waals surface area contributed by atoms with E-state index < -0.39 is 10.0 Å². The molecule has 0 amide bonds. The van der Waals surface area contributed by atoms with Gasteiger partial charge in [-0.05, 0) is 79.3 Å². The average Bonchev–Trinajstić information content (AvgIpc) is 2.80. The van der Waals surface area contributed by atoms with Gasteiger partial charge in [-0.2, -0.15) is 10.0 Å². The van der Waals surface area contributed by atoms with Crippen molar-refractivity contribution in [2.24, 2.45) is 0 Å². The summed E-state index contributed by atoms with van der Waals surface area (Å²) in [6.07, 6.45) is 0. The SMILES string of the molecule is CC.CC.CC.CCS(CC)(COc1ccc(F)cc1C)COc1c(C)cc(F)cc1C. The predicted molar refractivity (Wildman–Crippen MR) is 141 cm³/mol. The summed E-state index contributed by atoms with van der Waals surface area (Å²) >= 11 is 0. The molecule has 0 aliphatic carbocycles. The molecule has 0 heterocycles. The van der Waals surface area contributed by atoms with Gasteiger partial charge in [0.15, 0.2) is 0 Å². The minimum atomic E-state index is -1.17. The number of hydrogen-bond acceptors (Lipinski definition) is 2. The summed E-state index contributed by atoms with van der Waals surface area (Å²) in [6.45, 7) is 21.9. The van der Waals surface area contributed by atoms with E-state index in [1.807, 2.05) is 62.3 Å². The molecule has 0 saturated carbocycles. The second-order valence-corrected chi connectivity index (χ2v) is 10.7. The zero-order valence-corrected chi connectivity index (χ0v) is 23.0. The van der Waals surface area contributed by atoms with Gasteiger partial charge in [-0.25, -0.2) is 8.78 Å². The van der Waals surface area contributed by atoms with Crippen molar-refractivity contribution in [3.8, 4) is 11.5 Å². The maximum absolute atomic E-state index is 13.5. The van der Waals surface area contributed by atoms with Crippen molar-refractivity contribution in [2.45, 2.75) is 76.2 Å². The highest BCUT2D eigenvalue weighted by atomic mass is 32.3. The van der Waals surface area contributed by atoms with E-state index in [9.17, 15) is 8.78 Å². The van der Waals surface area contributed by atoms with Crippen LogP contribution in [0.4, 0.5) is 8.78 Å². The summed E-state index contributed by atoms with van der Waals surface area (Å²) in [4.78, 5) is 0. The van der Waals surface area contributed by atoms with E-state index in [2.05, 4.69) is 13.8 Å². The van der Waals surface area contributed by atoms with Gasteiger partial charge < -0.3 is 9.47 Å². The zero-order chi connectivity index (χ0) is 25.3. The Hall–Kier alpha value is -1.75. The van der Waals surface area contributed by atoms with E-state index in [0.29, 0.717) is 17.6 Å². The summed E-state index contributed by atoms with van der Waals surface area (Å²) < 4.78 is 38.9. The van der Waals surface area contributed by atoms with Crippen LogP contribution in [0.25, 0.3) is 0 Å². The van der Waals surface area contributed by atoms with E-state index in [0.717, 1.165) is 33.9 Å². The Labute approximate surface area is 198 Å². The zero-order valence-electron chi connectivity index (χ0n) is 22.2. The van der Waals surface area contributed by atoms with E-state index in [1.165, 1.54) is 24.3 Å². The van der Waals surface area contributed by atoms with Crippen molar-refractivity contribution in [3.63, 3.8) is 0 Å². The first-order valence-corrected chi connectivity index (χ1v) is 14.1. The summed E-state index contributed by atoms with van der Waals surface area (Å²) in [7, 11) is -1.17. The second-order valence-electron chi connectivity index (χ2n) is 6.61. The molecule has 0 radical (unpaired) electrons. The third-order valence-corrected chi connectivity index (χ3v) is 8.39. The van der Waals surface area contributed by atoms with Crippen molar-refractivity contribution >= 4 is 10.0 Å². The third-order valence-electron chi connectivity index (χ3n) is 4.70. The van der Waals surface area contributed by atoms with Crippen LogP contribution in [0.2, 0.25) is 0 Å². The van der Waals surface area contributed by atoms with Crippen LogP contribution < -0.4 is 9.47 Å². The molecule has 0 spiro atoms. The summed E-state index contributed by atoms with van der Waals surface area (Å²) in [5.74, 6) is 4.00. The normalized spacial score (nSPS) is 10.4. The van der Waals surface area contributed by atoms with Gasteiger partial charge in [0.1, 0.15) is 35.0 Å². The number of ether oxygens (including phenoxy) is 2. The molecular weight excluding hydrogens is 426 g/mol. The van der Waals surface area contributed by atoms with Gasteiger partial charge in [0.2, 0.25) is 0 Å². The van der Waals surface area contributed by atoms with Crippen molar-refractivity contribution in [1.82, 2.24) is 0 Å². The molecule has 32 heavy (non-hydrogen) atoms. The lowest BCUT2D eigenvalue weighted by atomic mass is 10.1. The van der Waals surface area contributed by atoms with Crippen LogP contribution in [0.1, 0.15) is 72.1 Å². The monoisotopic (exact) mass is 472 g/mol. The molecule has 0 fully saturated rings. The van der Waals surface area contributed by atoms with Crippen LogP contribution in [0, 0.1) is 32.4 Å². The van der Waals surface area contributed by atoms with E-state index >= 15 is 0 Å². The molecule has 5 heteroatoms. The van der Waals surface area contributed by atoms with Crippen molar-refractivity contribution in [3.05, 3.63) is 58.7 Å². The topological polar surface area (TPSA) is 18.5 Å². The third kappa shape index (κ3) is 10.2. The fourth-order valence-corrected chi connectivity index (χ4v) is 4.73. The Morgan fingerprint density at radius 1 is 0.656 bits per heavy atom. The van der Waals surface area contributed by atoms with Crippen molar-refractivity contribution in [2.75, 3.05) is 23.4 Å². The predicted octanol–water partition coefficient (Wildman–Crippen LogP) is 9.19. The van der Waals surface area contributed by atoms with Crippen LogP contribution in [0.15, 0.2) is 30.3 Å². The van der Waals surface area contributed by atoms with E-state index in [1.54, 1.807) is 6.07 Å². The fourth-order valence-electron chi connectivity index (χ4n) is 2.84. The molecule has 0 N–H and O–H groups in total. The molecule has 2 aromatic carbocycles. The number of aryl methyl sites for hydroxylation is 3. The maximum Gasteiger partial charge on any atom is 0.126 e. The Bertz CT molecular complexity index is 736. The highest BCUT2D eigenvalue weighted by Gasteiger charge is 2.23. The lowest BCUT2D eigenvalue weighted by Gasteiger charge is -2.37. The van der Waals surface area contributed by atoms with Gasteiger partial charge in [0.05, 0.1) is 0 Å². The Kier molecular flexibility index (Phi) is 18.0. The molecule has 0 bridgehead atoms. The molecule has 0 aliphatic rings. The minimum Gasteiger partial charge on any atom is -0.484 e. The maximum atomic E-state index is 13.5. The minimum absolute atomic E-state index is 0.243. The molecule has 0 saturated heterocycles. The number of rotatable bonds is 8. The lowest BCUT2D eigenvalue weighted by Crippen LogP contribution is -2.22. The molecule has 0 atom stereocenters. The van der Waals surface area contributed by atoms with E-state index in [4.69, 9.17) is 9.47 Å². The highest BCUT2D eigenvalue weighted by Crippen LogP contribution is 2.48. The molecular formula is C27H46F2O2S. The molecule has 2 nitrogen and oxygen atoms in total. The lowest BCUT2D eigenvalue weighted by molar-refractivity contribution is 0.360. The quantitative estimate of drug-likeness (QED) is 0.381. The van der Waals surface area contributed by atoms with Gasteiger partial charge >= 0.3 is 0 Å². The van der Waals surface area contributed by atoms with E-state index in [-0.39, 0.29) is 11.6 Å². The van der Waals surface area contributed by atoms with Gasteiger partial charge in [-0.1, -0.05) is 55.4 Å². The first kappa shape index (κ1) is 32.4. The summed E-state index contributed by atoms with van der Waals surface area (Å²) in [6, 6.07) is 7.56.